The van der Waals surface area contributed by atoms with Gasteiger partial charge in [-0.3, -0.25) is 4.98 Å². The van der Waals surface area contributed by atoms with Crippen molar-refractivity contribution in [3.05, 3.63) is 40.6 Å². The van der Waals surface area contributed by atoms with Crippen LogP contribution in [0.4, 0.5) is 0 Å². The van der Waals surface area contributed by atoms with Crippen LogP contribution in [0.15, 0.2) is 35.1 Å². The molecule has 0 spiro atoms. The van der Waals surface area contributed by atoms with Crippen molar-refractivity contribution >= 4 is 15.9 Å². The van der Waals surface area contributed by atoms with Gasteiger partial charge in [-0.05, 0) is 40.4 Å². The maximum atomic E-state index is 6.02. The molecule has 76 valence electrons. The topological polar surface area (TPSA) is 38.9 Å². The van der Waals surface area contributed by atoms with E-state index in [1.807, 2.05) is 6.07 Å². The second kappa shape index (κ2) is 5.27. The molecule has 0 aliphatic heterocycles. The number of halogens is 1. The molecule has 1 atom stereocenters. The maximum absolute atomic E-state index is 6.02. The smallest absolute Gasteiger partial charge is 0.0410 e. The number of nitrogens with zero attached hydrogens (tertiary/aromatic N) is 1. The lowest BCUT2D eigenvalue weighted by atomic mass is 10.0. The normalized spacial score (nSPS) is 12.5. The van der Waals surface area contributed by atoms with Gasteiger partial charge in [0.25, 0.3) is 0 Å². The third-order valence-electron chi connectivity index (χ3n) is 2.16. The first-order valence-electron chi connectivity index (χ1n) is 4.66. The number of hydrogen-bond acceptors (Lipinski definition) is 2. The van der Waals surface area contributed by atoms with E-state index >= 15 is 0 Å². The number of rotatable bonds is 4. The van der Waals surface area contributed by atoms with Crippen LogP contribution in [0.3, 0.4) is 0 Å². The molecule has 0 amide bonds. The van der Waals surface area contributed by atoms with E-state index in [-0.39, 0.29) is 6.04 Å². The summed E-state index contributed by atoms with van der Waals surface area (Å²) < 4.78 is 0.965. The fourth-order valence-electron chi connectivity index (χ4n) is 1.20. The summed E-state index contributed by atoms with van der Waals surface area (Å²) >= 11 is 3.37. The van der Waals surface area contributed by atoms with Crippen molar-refractivity contribution in [2.45, 2.75) is 25.8 Å². The SMILES string of the molecule is C=C(CC)CC(N)c1cncc(Br)c1. The summed E-state index contributed by atoms with van der Waals surface area (Å²) in [6.45, 7) is 6.04. The molecule has 0 saturated carbocycles. The second-order valence-corrected chi connectivity index (χ2v) is 4.27. The molecule has 0 radical (unpaired) electrons. The van der Waals surface area contributed by atoms with Gasteiger partial charge in [-0.15, -0.1) is 0 Å². The Kier molecular flexibility index (Phi) is 4.29. The first kappa shape index (κ1) is 11.4. The van der Waals surface area contributed by atoms with Crippen LogP contribution in [-0.4, -0.2) is 4.98 Å². The molecule has 2 nitrogen and oxygen atoms in total. The molecule has 2 N–H and O–H groups in total. The maximum Gasteiger partial charge on any atom is 0.0410 e. The first-order chi connectivity index (χ1) is 6.63. The molecule has 1 aromatic heterocycles. The van der Waals surface area contributed by atoms with Gasteiger partial charge in [-0.1, -0.05) is 19.1 Å². The Hall–Kier alpha value is -0.670. The Morgan fingerprint density at radius 3 is 2.93 bits per heavy atom. The van der Waals surface area contributed by atoms with E-state index in [0.29, 0.717) is 0 Å². The third-order valence-corrected chi connectivity index (χ3v) is 2.60. The monoisotopic (exact) mass is 254 g/mol. The second-order valence-electron chi connectivity index (χ2n) is 3.35. The van der Waals surface area contributed by atoms with E-state index in [2.05, 4.69) is 34.4 Å². The third kappa shape index (κ3) is 3.24. The van der Waals surface area contributed by atoms with Crippen LogP contribution >= 0.6 is 15.9 Å². The quantitative estimate of drug-likeness (QED) is 0.839. The summed E-state index contributed by atoms with van der Waals surface area (Å²) in [6, 6.07) is 2.01. The largest absolute Gasteiger partial charge is 0.324 e. The minimum absolute atomic E-state index is 0.00690. The lowest BCUT2D eigenvalue weighted by Gasteiger charge is -2.12. The Bertz CT molecular complexity index is 323. The van der Waals surface area contributed by atoms with Crippen LogP contribution in [-0.2, 0) is 0 Å². The van der Waals surface area contributed by atoms with Crippen molar-refractivity contribution in [3.63, 3.8) is 0 Å². The van der Waals surface area contributed by atoms with Gasteiger partial charge in [0.1, 0.15) is 0 Å². The molecule has 1 aromatic rings. The van der Waals surface area contributed by atoms with Crippen molar-refractivity contribution in [2.24, 2.45) is 5.73 Å². The Morgan fingerprint density at radius 2 is 2.36 bits per heavy atom. The molecule has 14 heavy (non-hydrogen) atoms. The molecule has 0 saturated heterocycles. The molecule has 0 fully saturated rings. The zero-order chi connectivity index (χ0) is 10.6. The minimum atomic E-state index is 0.00690. The van der Waals surface area contributed by atoms with Gasteiger partial charge in [0.2, 0.25) is 0 Å². The van der Waals surface area contributed by atoms with E-state index in [9.17, 15) is 0 Å². The zero-order valence-corrected chi connectivity index (χ0v) is 9.92. The van der Waals surface area contributed by atoms with Crippen LogP contribution in [0.25, 0.3) is 0 Å². The Morgan fingerprint density at radius 1 is 1.64 bits per heavy atom. The summed E-state index contributed by atoms with van der Waals surface area (Å²) in [6.07, 6.45) is 5.37. The lowest BCUT2D eigenvalue weighted by Crippen LogP contribution is -2.11. The minimum Gasteiger partial charge on any atom is -0.324 e. The summed E-state index contributed by atoms with van der Waals surface area (Å²) in [5, 5.41) is 0. The number of pyridine rings is 1. The van der Waals surface area contributed by atoms with Gasteiger partial charge in [0, 0.05) is 22.9 Å². The van der Waals surface area contributed by atoms with Gasteiger partial charge in [0.05, 0.1) is 0 Å². The van der Waals surface area contributed by atoms with Crippen molar-refractivity contribution < 1.29 is 0 Å². The fraction of sp³-hybridized carbons (Fsp3) is 0.364. The van der Waals surface area contributed by atoms with Crippen molar-refractivity contribution in [2.75, 3.05) is 0 Å². The van der Waals surface area contributed by atoms with Crippen LogP contribution in [0, 0.1) is 0 Å². The van der Waals surface area contributed by atoms with Gasteiger partial charge in [-0.2, -0.15) is 0 Å². The van der Waals surface area contributed by atoms with E-state index in [4.69, 9.17) is 5.73 Å². The molecule has 0 aliphatic carbocycles. The number of nitrogens with two attached hydrogens (primary N) is 1. The van der Waals surface area contributed by atoms with Crippen molar-refractivity contribution in [1.82, 2.24) is 4.98 Å². The molecule has 1 heterocycles. The van der Waals surface area contributed by atoms with E-state index < -0.39 is 0 Å². The molecule has 3 heteroatoms. The van der Waals surface area contributed by atoms with E-state index in [1.54, 1.807) is 12.4 Å². The highest BCUT2D eigenvalue weighted by atomic mass is 79.9. The van der Waals surface area contributed by atoms with Crippen LogP contribution in [0.5, 0.6) is 0 Å². The van der Waals surface area contributed by atoms with Crippen molar-refractivity contribution in [1.29, 1.82) is 0 Å². The average Bonchev–Trinajstić information content (AvgIpc) is 2.17. The van der Waals surface area contributed by atoms with Crippen LogP contribution in [0.1, 0.15) is 31.4 Å². The van der Waals surface area contributed by atoms with E-state index in [1.165, 1.54) is 5.57 Å². The number of aromatic nitrogens is 1. The molecular weight excluding hydrogens is 240 g/mol. The highest BCUT2D eigenvalue weighted by Crippen LogP contribution is 2.21. The molecular formula is C11H15BrN2. The summed E-state index contributed by atoms with van der Waals surface area (Å²) in [4.78, 5) is 4.08. The summed E-state index contributed by atoms with van der Waals surface area (Å²) in [5.41, 5.74) is 8.25. The van der Waals surface area contributed by atoms with Gasteiger partial charge in [0.15, 0.2) is 0 Å². The van der Waals surface area contributed by atoms with Gasteiger partial charge >= 0.3 is 0 Å². The molecule has 0 bridgehead atoms. The standard InChI is InChI=1S/C11H15BrN2/c1-3-8(2)4-11(13)9-5-10(12)7-14-6-9/h5-7,11H,2-4,13H2,1H3. The average molecular weight is 255 g/mol. The predicted molar refractivity (Wildman–Crippen MR) is 62.9 cm³/mol. The summed E-state index contributed by atoms with van der Waals surface area (Å²) in [5.74, 6) is 0. The Labute approximate surface area is 93.4 Å². The van der Waals surface area contributed by atoms with Gasteiger partial charge in [-0.25, -0.2) is 0 Å². The van der Waals surface area contributed by atoms with E-state index in [0.717, 1.165) is 22.9 Å². The first-order valence-corrected chi connectivity index (χ1v) is 5.45. The highest BCUT2D eigenvalue weighted by Gasteiger charge is 2.07. The summed E-state index contributed by atoms with van der Waals surface area (Å²) in [7, 11) is 0. The zero-order valence-electron chi connectivity index (χ0n) is 8.33. The number of hydrogen-bond donors (Lipinski definition) is 1. The molecule has 0 aromatic carbocycles. The van der Waals surface area contributed by atoms with Crippen LogP contribution < -0.4 is 5.73 Å². The van der Waals surface area contributed by atoms with Crippen molar-refractivity contribution in [3.8, 4) is 0 Å². The molecule has 1 rings (SSSR count). The highest BCUT2D eigenvalue weighted by molar-refractivity contribution is 9.10. The van der Waals surface area contributed by atoms with Crippen LogP contribution in [0.2, 0.25) is 0 Å². The predicted octanol–water partition coefficient (Wildman–Crippen LogP) is 3.20. The van der Waals surface area contributed by atoms with Gasteiger partial charge < -0.3 is 5.73 Å². The lowest BCUT2D eigenvalue weighted by molar-refractivity contribution is 0.697. The Balaban J connectivity index is 2.69. The molecule has 0 aliphatic rings. The fourth-order valence-corrected chi connectivity index (χ4v) is 1.59. The molecule has 1 unspecified atom stereocenters.